The summed E-state index contributed by atoms with van der Waals surface area (Å²) in [6.45, 7) is 9.34. The number of ether oxygens (including phenoxy) is 1. The first-order valence-electron chi connectivity index (χ1n) is 6.10. The molecular weight excluding hydrogens is 200 g/mol. The lowest BCUT2D eigenvalue weighted by molar-refractivity contribution is 0.126. The van der Waals surface area contributed by atoms with E-state index < -0.39 is 0 Å². The molecule has 16 heavy (non-hydrogen) atoms. The van der Waals surface area contributed by atoms with Gasteiger partial charge < -0.3 is 9.84 Å². The quantitative estimate of drug-likeness (QED) is 0.691. The molecule has 0 unspecified atom stereocenters. The van der Waals surface area contributed by atoms with Crippen LogP contribution in [0.4, 0.5) is 0 Å². The van der Waals surface area contributed by atoms with Crippen molar-refractivity contribution in [3.8, 4) is 0 Å². The van der Waals surface area contributed by atoms with E-state index in [2.05, 4.69) is 33.8 Å². The fourth-order valence-corrected chi connectivity index (χ4v) is 2.74. The highest BCUT2D eigenvalue weighted by molar-refractivity contribution is 5.37. The Morgan fingerprint density at radius 2 is 2.12 bits per heavy atom. The van der Waals surface area contributed by atoms with Crippen molar-refractivity contribution in [1.29, 1.82) is 0 Å². The smallest absolute Gasteiger partial charge is 0.100 e. The van der Waals surface area contributed by atoms with Crippen LogP contribution in [0.5, 0.6) is 0 Å². The summed E-state index contributed by atoms with van der Waals surface area (Å²) < 4.78 is 5.81. The summed E-state index contributed by atoms with van der Waals surface area (Å²) in [5.74, 6) is 0. The summed E-state index contributed by atoms with van der Waals surface area (Å²) in [6, 6.07) is 0. The van der Waals surface area contributed by atoms with Gasteiger partial charge in [-0.05, 0) is 43.3 Å². The molecule has 2 aliphatic rings. The third kappa shape index (κ3) is 1.96. The van der Waals surface area contributed by atoms with Crippen molar-refractivity contribution in [3.63, 3.8) is 0 Å². The summed E-state index contributed by atoms with van der Waals surface area (Å²) in [6.07, 6.45) is 3.74. The second-order valence-electron chi connectivity index (χ2n) is 5.85. The Bertz CT molecular complexity index is 346. The molecule has 0 bridgehead atoms. The standard InChI is InChI=1S/C14H22O2/c1-9(2)7-12-13-10(8-16-12)14(3,4)6-5-11(13)15/h7,11-12,15H,5-6,8H2,1-4H3/t11-,12-/m1/s1. The number of hydrogen-bond acceptors (Lipinski definition) is 2. The van der Waals surface area contributed by atoms with Gasteiger partial charge in [0.15, 0.2) is 0 Å². The summed E-state index contributed by atoms with van der Waals surface area (Å²) >= 11 is 0. The van der Waals surface area contributed by atoms with Gasteiger partial charge in [-0.2, -0.15) is 0 Å². The van der Waals surface area contributed by atoms with E-state index in [1.54, 1.807) is 0 Å². The number of hydrogen-bond donors (Lipinski definition) is 1. The van der Waals surface area contributed by atoms with E-state index in [9.17, 15) is 5.11 Å². The van der Waals surface area contributed by atoms with Crippen LogP contribution < -0.4 is 0 Å². The molecule has 1 heterocycles. The van der Waals surface area contributed by atoms with Crippen molar-refractivity contribution in [1.82, 2.24) is 0 Å². The molecule has 2 heteroatoms. The molecule has 2 atom stereocenters. The monoisotopic (exact) mass is 222 g/mol. The number of aliphatic hydroxyl groups is 1. The van der Waals surface area contributed by atoms with Gasteiger partial charge in [0.1, 0.15) is 6.10 Å². The Morgan fingerprint density at radius 1 is 1.44 bits per heavy atom. The topological polar surface area (TPSA) is 29.5 Å². The van der Waals surface area contributed by atoms with Crippen LogP contribution >= 0.6 is 0 Å². The Hall–Kier alpha value is -0.600. The van der Waals surface area contributed by atoms with E-state index in [1.165, 1.54) is 11.1 Å². The van der Waals surface area contributed by atoms with Crippen LogP contribution in [0.15, 0.2) is 22.8 Å². The molecule has 0 fully saturated rings. The zero-order valence-electron chi connectivity index (χ0n) is 10.7. The van der Waals surface area contributed by atoms with E-state index in [1.807, 2.05) is 0 Å². The maximum Gasteiger partial charge on any atom is 0.100 e. The van der Waals surface area contributed by atoms with E-state index in [0.717, 1.165) is 18.4 Å². The molecule has 0 amide bonds. The van der Waals surface area contributed by atoms with Gasteiger partial charge in [0.25, 0.3) is 0 Å². The molecular formula is C14H22O2. The predicted octanol–water partition coefficient (Wildman–Crippen LogP) is 2.83. The molecule has 2 rings (SSSR count). The normalized spacial score (nSPS) is 32.6. The highest BCUT2D eigenvalue weighted by atomic mass is 16.5. The van der Waals surface area contributed by atoms with Gasteiger partial charge in [0.05, 0.1) is 12.7 Å². The van der Waals surface area contributed by atoms with Crippen LogP contribution in [0.1, 0.15) is 40.5 Å². The first-order valence-corrected chi connectivity index (χ1v) is 6.10. The third-order valence-corrected chi connectivity index (χ3v) is 3.77. The Morgan fingerprint density at radius 3 is 2.75 bits per heavy atom. The molecule has 0 radical (unpaired) electrons. The maximum absolute atomic E-state index is 10.1. The molecule has 0 aromatic carbocycles. The van der Waals surface area contributed by atoms with E-state index >= 15 is 0 Å². The van der Waals surface area contributed by atoms with Gasteiger partial charge in [-0.1, -0.05) is 25.5 Å². The highest BCUT2D eigenvalue weighted by Gasteiger charge is 2.40. The SMILES string of the molecule is CC(C)=C[C@H]1OCC2=C1[C@H](O)CCC2(C)C. The van der Waals surface area contributed by atoms with Gasteiger partial charge >= 0.3 is 0 Å². The molecule has 0 saturated carbocycles. The molecule has 2 nitrogen and oxygen atoms in total. The average molecular weight is 222 g/mol. The minimum atomic E-state index is -0.300. The molecule has 90 valence electrons. The first-order chi connectivity index (χ1) is 7.42. The lowest BCUT2D eigenvalue weighted by Gasteiger charge is -2.34. The van der Waals surface area contributed by atoms with Crippen molar-refractivity contribution >= 4 is 0 Å². The second kappa shape index (κ2) is 4.01. The molecule has 1 N–H and O–H groups in total. The van der Waals surface area contributed by atoms with Crippen LogP contribution in [0.2, 0.25) is 0 Å². The first kappa shape index (κ1) is 11.9. The van der Waals surface area contributed by atoms with Gasteiger partial charge in [-0.15, -0.1) is 0 Å². The fraction of sp³-hybridized carbons (Fsp3) is 0.714. The van der Waals surface area contributed by atoms with Crippen molar-refractivity contribution < 1.29 is 9.84 Å². The summed E-state index contributed by atoms with van der Waals surface area (Å²) in [5, 5.41) is 10.1. The van der Waals surface area contributed by atoms with E-state index in [0.29, 0.717) is 6.61 Å². The Balaban J connectivity index is 2.37. The second-order valence-corrected chi connectivity index (χ2v) is 5.85. The molecule has 1 aliphatic heterocycles. The van der Waals surface area contributed by atoms with Crippen molar-refractivity contribution in [3.05, 3.63) is 22.8 Å². The van der Waals surface area contributed by atoms with Crippen molar-refractivity contribution in [2.45, 2.75) is 52.7 Å². The number of allylic oxidation sites excluding steroid dienone is 1. The zero-order valence-corrected chi connectivity index (χ0v) is 10.7. The average Bonchev–Trinajstić information content (AvgIpc) is 2.57. The predicted molar refractivity (Wildman–Crippen MR) is 65.2 cm³/mol. The van der Waals surface area contributed by atoms with E-state index in [4.69, 9.17) is 4.74 Å². The molecule has 0 aromatic rings. The van der Waals surface area contributed by atoms with Gasteiger partial charge in [0, 0.05) is 0 Å². The van der Waals surface area contributed by atoms with Crippen LogP contribution in [-0.4, -0.2) is 23.9 Å². The van der Waals surface area contributed by atoms with Gasteiger partial charge in [-0.25, -0.2) is 0 Å². The van der Waals surface area contributed by atoms with Gasteiger partial charge in [-0.3, -0.25) is 0 Å². The largest absolute Gasteiger partial charge is 0.389 e. The maximum atomic E-state index is 10.1. The van der Waals surface area contributed by atoms with Crippen molar-refractivity contribution in [2.24, 2.45) is 5.41 Å². The minimum Gasteiger partial charge on any atom is -0.389 e. The lowest BCUT2D eigenvalue weighted by atomic mass is 9.71. The summed E-state index contributed by atoms with van der Waals surface area (Å²) in [4.78, 5) is 0. The highest BCUT2D eigenvalue weighted by Crippen LogP contribution is 2.45. The number of aliphatic hydroxyl groups excluding tert-OH is 1. The van der Waals surface area contributed by atoms with E-state index in [-0.39, 0.29) is 17.6 Å². The van der Waals surface area contributed by atoms with Crippen LogP contribution in [0.25, 0.3) is 0 Å². The van der Waals surface area contributed by atoms with Gasteiger partial charge in [0.2, 0.25) is 0 Å². The lowest BCUT2D eigenvalue weighted by Crippen LogP contribution is -2.30. The molecule has 1 aliphatic carbocycles. The fourth-order valence-electron chi connectivity index (χ4n) is 2.74. The van der Waals surface area contributed by atoms with Crippen LogP contribution in [0.3, 0.4) is 0 Å². The Kier molecular flexibility index (Phi) is 2.97. The minimum absolute atomic E-state index is 0.00887. The van der Waals surface area contributed by atoms with Crippen LogP contribution in [-0.2, 0) is 4.74 Å². The summed E-state index contributed by atoms with van der Waals surface area (Å²) in [7, 11) is 0. The third-order valence-electron chi connectivity index (χ3n) is 3.77. The molecule has 0 saturated heterocycles. The number of rotatable bonds is 1. The van der Waals surface area contributed by atoms with Crippen LogP contribution in [0, 0.1) is 5.41 Å². The summed E-state index contributed by atoms with van der Waals surface area (Å²) in [5.41, 5.74) is 3.90. The zero-order chi connectivity index (χ0) is 11.9. The molecule has 0 spiro atoms. The Labute approximate surface area is 98.0 Å². The molecule has 0 aromatic heterocycles. The van der Waals surface area contributed by atoms with Crippen molar-refractivity contribution in [2.75, 3.05) is 6.61 Å².